The predicted octanol–water partition coefficient (Wildman–Crippen LogP) is 3.31. The number of hydrogen-bond acceptors (Lipinski definition) is 3. The highest BCUT2D eigenvalue weighted by atomic mass is 19.1. The Kier molecular flexibility index (Phi) is 4.29. The first kappa shape index (κ1) is 15.7. The van der Waals surface area contributed by atoms with Gasteiger partial charge in [0.15, 0.2) is 0 Å². The molecule has 1 N–H and O–H groups in total. The second-order valence-electron chi connectivity index (χ2n) is 5.21. The Morgan fingerprint density at radius 3 is 2.42 bits per heavy atom. The van der Waals surface area contributed by atoms with Gasteiger partial charge in [0.1, 0.15) is 11.6 Å². The molecule has 0 aliphatic carbocycles. The van der Waals surface area contributed by atoms with E-state index in [-0.39, 0.29) is 12.2 Å². The van der Waals surface area contributed by atoms with Crippen molar-refractivity contribution in [3.05, 3.63) is 66.2 Å². The van der Waals surface area contributed by atoms with E-state index in [0.717, 1.165) is 5.56 Å². The molecule has 6 heteroatoms. The molecule has 0 bridgehead atoms. The van der Waals surface area contributed by atoms with Crippen molar-refractivity contribution in [3.63, 3.8) is 0 Å². The Morgan fingerprint density at radius 2 is 1.83 bits per heavy atom. The second kappa shape index (κ2) is 6.54. The Hall–Kier alpha value is -3.15. The number of rotatable bonds is 5. The topological polar surface area (TPSA) is 64.4 Å². The lowest BCUT2D eigenvalue weighted by Crippen LogP contribution is -2.03. The van der Waals surface area contributed by atoms with Gasteiger partial charge in [0.05, 0.1) is 24.9 Å². The highest BCUT2D eigenvalue weighted by Gasteiger charge is 2.15. The van der Waals surface area contributed by atoms with Crippen LogP contribution in [0.15, 0.2) is 54.7 Å². The van der Waals surface area contributed by atoms with Crippen LogP contribution in [0.2, 0.25) is 0 Å². The Balaban J connectivity index is 2.05. The van der Waals surface area contributed by atoms with Crippen molar-refractivity contribution in [2.75, 3.05) is 7.11 Å². The largest absolute Gasteiger partial charge is 0.497 e. The lowest BCUT2D eigenvalue weighted by atomic mass is 10.0. The van der Waals surface area contributed by atoms with Crippen LogP contribution in [-0.4, -0.2) is 28.0 Å². The van der Waals surface area contributed by atoms with E-state index in [1.807, 2.05) is 12.1 Å². The lowest BCUT2D eigenvalue weighted by Gasteiger charge is -2.03. The molecule has 0 saturated carbocycles. The van der Waals surface area contributed by atoms with Crippen LogP contribution in [0, 0.1) is 5.82 Å². The highest BCUT2D eigenvalue weighted by Crippen LogP contribution is 2.27. The van der Waals surface area contributed by atoms with Crippen molar-refractivity contribution in [3.8, 4) is 22.6 Å². The summed E-state index contributed by atoms with van der Waals surface area (Å²) in [5, 5.41) is 13.5. The molecule has 0 aliphatic heterocycles. The number of methoxy groups -OCH3 is 1. The van der Waals surface area contributed by atoms with Crippen LogP contribution < -0.4 is 4.74 Å². The van der Waals surface area contributed by atoms with E-state index < -0.39 is 5.97 Å². The van der Waals surface area contributed by atoms with E-state index in [1.165, 1.54) is 12.1 Å². The zero-order chi connectivity index (χ0) is 17.1. The molecule has 0 saturated heterocycles. The maximum absolute atomic E-state index is 13.1. The number of carboxylic acid groups (broad SMARTS) is 1. The first-order valence-electron chi connectivity index (χ1n) is 7.27. The summed E-state index contributed by atoms with van der Waals surface area (Å²) in [7, 11) is 1.58. The van der Waals surface area contributed by atoms with E-state index >= 15 is 0 Å². The summed E-state index contributed by atoms with van der Waals surface area (Å²) in [5.41, 5.74) is 2.64. The molecule has 0 atom stereocenters. The van der Waals surface area contributed by atoms with E-state index in [2.05, 4.69) is 5.10 Å². The number of carboxylic acids is 1. The third kappa shape index (κ3) is 3.27. The van der Waals surface area contributed by atoms with Crippen molar-refractivity contribution in [1.82, 2.24) is 9.78 Å². The summed E-state index contributed by atoms with van der Waals surface area (Å²) in [5.74, 6) is -0.592. The van der Waals surface area contributed by atoms with Crippen LogP contribution in [0.4, 0.5) is 4.39 Å². The Morgan fingerprint density at radius 1 is 1.17 bits per heavy atom. The summed E-state index contributed by atoms with van der Waals surface area (Å²) in [6.45, 7) is 0. The van der Waals surface area contributed by atoms with Gasteiger partial charge in [0.2, 0.25) is 0 Å². The molecule has 5 nitrogen and oxygen atoms in total. The van der Waals surface area contributed by atoms with Crippen molar-refractivity contribution in [2.45, 2.75) is 6.42 Å². The average Bonchev–Trinajstić information content (AvgIpc) is 2.98. The fourth-order valence-electron chi connectivity index (χ4n) is 2.42. The molecule has 24 heavy (non-hydrogen) atoms. The maximum atomic E-state index is 13.1. The smallest absolute Gasteiger partial charge is 0.309 e. The van der Waals surface area contributed by atoms with Gasteiger partial charge >= 0.3 is 5.97 Å². The van der Waals surface area contributed by atoms with E-state index in [9.17, 15) is 9.18 Å². The number of halogens is 1. The average molecular weight is 326 g/mol. The summed E-state index contributed by atoms with van der Waals surface area (Å²) in [6.07, 6.45) is 1.54. The van der Waals surface area contributed by atoms with Crippen LogP contribution in [0.25, 0.3) is 16.8 Å². The van der Waals surface area contributed by atoms with Gasteiger partial charge < -0.3 is 9.84 Å². The molecule has 122 valence electrons. The van der Waals surface area contributed by atoms with Crippen LogP contribution in [0.1, 0.15) is 5.69 Å². The van der Waals surface area contributed by atoms with Crippen molar-refractivity contribution in [2.24, 2.45) is 0 Å². The van der Waals surface area contributed by atoms with Crippen molar-refractivity contribution < 1.29 is 19.0 Å². The number of carbonyl (C=O) groups is 1. The number of aliphatic carboxylic acids is 1. The number of nitrogens with zero attached hydrogens (tertiary/aromatic N) is 2. The fraction of sp³-hybridized carbons (Fsp3) is 0.111. The zero-order valence-corrected chi connectivity index (χ0v) is 12.9. The summed E-state index contributed by atoms with van der Waals surface area (Å²) in [4.78, 5) is 11.1. The van der Waals surface area contributed by atoms with E-state index in [0.29, 0.717) is 22.7 Å². The molecule has 0 amide bonds. The van der Waals surface area contributed by atoms with Crippen LogP contribution in [0.3, 0.4) is 0 Å². The van der Waals surface area contributed by atoms with Crippen LogP contribution in [0.5, 0.6) is 5.75 Å². The van der Waals surface area contributed by atoms with Gasteiger partial charge in [-0.1, -0.05) is 12.1 Å². The Labute approximate surface area is 137 Å². The molecule has 3 rings (SSSR count). The molecule has 0 radical (unpaired) electrons. The third-order valence-corrected chi connectivity index (χ3v) is 3.60. The number of benzene rings is 2. The third-order valence-electron chi connectivity index (χ3n) is 3.60. The molecular weight excluding hydrogens is 311 g/mol. The van der Waals surface area contributed by atoms with Gasteiger partial charge in [0, 0.05) is 11.8 Å². The predicted molar refractivity (Wildman–Crippen MR) is 86.8 cm³/mol. The van der Waals surface area contributed by atoms with Crippen LogP contribution in [-0.2, 0) is 11.2 Å². The van der Waals surface area contributed by atoms with Gasteiger partial charge in [-0.15, -0.1) is 0 Å². The molecule has 3 aromatic rings. The summed E-state index contributed by atoms with van der Waals surface area (Å²) >= 11 is 0. The molecule has 0 unspecified atom stereocenters. The van der Waals surface area contributed by atoms with Crippen LogP contribution >= 0.6 is 0 Å². The first-order chi connectivity index (χ1) is 11.6. The number of aromatic nitrogens is 2. The SMILES string of the molecule is COc1ccc(-c2cn(-c3ccc(F)cc3)nc2CC(=O)O)cc1. The van der Waals surface area contributed by atoms with E-state index in [1.54, 1.807) is 42.3 Å². The number of hydrogen-bond donors (Lipinski definition) is 1. The summed E-state index contributed by atoms with van der Waals surface area (Å²) in [6, 6.07) is 13.1. The summed E-state index contributed by atoms with van der Waals surface area (Å²) < 4.78 is 19.8. The standard InChI is InChI=1S/C18H15FN2O3/c1-24-15-8-2-12(3-9-15)16-11-21(20-17(16)10-18(22)23)14-6-4-13(19)5-7-14/h2-9,11H,10H2,1H3,(H,22,23). The molecule has 0 aliphatic rings. The van der Waals surface area contributed by atoms with Crippen molar-refractivity contribution >= 4 is 5.97 Å². The maximum Gasteiger partial charge on any atom is 0.309 e. The fourth-order valence-corrected chi connectivity index (χ4v) is 2.42. The van der Waals surface area contributed by atoms with Gasteiger partial charge in [0.25, 0.3) is 0 Å². The van der Waals surface area contributed by atoms with E-state index in [4.69, 9.17) is 9.84 Å². The minimum atomic E-state index is -0.964. The minimum absolute atomic E-state index is 0.199. The molecule has 1 aromatic heterocycles. The first-order valence-corrected chi connectivity index (χ1v) is 7.27. The quantitative estimate of drug-likeness (QED) is 0.781. The van der Waals surface area contributed by atoms with Gasteiger partial charge in [-0.3, -0.25) is 4.79 Å². The van der Waals surface area contributed by atoms with Gasteiger partial charge in [-0.05, 0) is 42.0 Å². The highest BCUT2D eigenvalue weighted by molar-refractivity contribution is 5.75. The molecular formula is C18H15FN2O3. The van der Waals surface area contributed by atoms with Gasteiger partial charge in [-0.25, -0.2) is 9.07 Å². The molecule has 2 aromatic carbocycles. The Bertz CT molecular complexity index is 855. The minimum Gasteiger partial charge on any atom is -0.497 e. The lowest BCUT2D eigenvalue weighted by molar-refractivity contribution is -0.136. The normalized spacial score (nSPS) is 10.6. The zero-order valence-electron chi connectivity index (χ0n) is 12.9. The van der Waals surface area contributed by atoms with Crippen molar-refractivity contribution in [1.29, 1.82) is 0 Å². The number of ether oxygens (including phenoxy) is 1. The monoisotopic (exact) mass is 326 g/mol. The van der Waals surface area contributed by atoms with Gasteiger partial charge in [-0.2, -0.15) is 5.10 Å². The molecule has 0 fully saturated rings. The molecule has 0 spiro atoms. The second-order valence-corrected chi connectivity index (χ2v) is 5.21. The molecule has 1 heterocycles.